The fourth-order valence-corrected chi connectivity index (χ4v) is 4.43. The lowest BCUT2D eigenvalue weighted by atomic mass is 9.58. The van der Waals surface area contributed by atoms with Crippen molar-refractivity contribution in [2.24, 2.45) is 17.3 Å². The summed E-state index contributed by atoms with van der Waals surface area (Å²) in [5.41, 5.74) is 1.58. The van der Waals surface area contributed by atoms with Crippen LogP contribution in [0.1, 0.15) is 60.3 Å². The van der Waals surface area contributed by atoms with Gasteiger partial charge in [0.05, 0.1) is 6.10 Å². The van der Waals surface area contributed by atoms with Crippen LogP contribution >= 0.6 is 0 Å². The number of fused-ring (bicyclic) bond motifs is 3. The number of ketones is 1. The first-order chi connectivity index (χ1) is 10.7. The molecule has 0 spiro atoms. The lowest BCUT2D eigenvalue weighted by Gasteiger charge is -2.46. The molecule has 0 saturated carbocycles. The molecule has 6 atom stereocenters. The van der Waals surface area contributed by atoms with Crippen molar-refractivity contribution >= 4 is 5.78 Å². The highest BCUT2D eigenvalue weighted by atomic mass is 16.6. The second-order valence-electron chi connectivity index (χ2n) is 8.41. The number of rotatable bonds is 0. The highest BCUT2D eigenvalue weighted by Gasteiger charge is 2.58. The van der Waals surface area contributed by atoms with Crippen molar-refractivity contribution in [1.29, 1.82) is 0 Å². The molecule has 1 aliphatic heterocycles. The third-order valence-corrected chi connectivity index (χ3v) is 6.95. The van der Waals surface area contributed by atoms with Crippen LogP contribution in [0.5, 0.6) is 0 Å². The standard InChI is InChI=1S/C20H30O3/c1-12-7-6-10-20(5)18(23-20)17(22)15-9-8-13(2)19(4,14(15)3)11-16(12)21/h7,9,13-14,16,18,21H,6,8,10-11H2,1-5H3/b12-7+/t13-,14-,16+,18+,19?,20+/m1/s1. The van der Waals surface area contributed by atoms with Gasteiger partial charge >= 0.3 is 0 Å². The fourth-order valence-electron chi connectivity index (χ4n) is 4.43. The van der Waals surface area contributed by atoms with Gasteiger partial charge in [-0.1, -0.05) is 32.9 Å². The highest BCUT2D eigenvalue weighted by Crippen LogP contribution is 2.52. The number of epoxide rings is 1. The molecule has 1 unspecified atom stereocenters. The smallest absolute Gasteiger partial charge is 0.190 e. The van der Waals surface area contributed by atoms with E-state index in [2.05, 4.69) is 32.9 Å². The number of carbonyl (C=O) groups is 1. The Bertz CT molecular complexity index is 575. The predicted octanol–water partition coefficient (Wildman–Crippen LogP) is 3.81. The van der Waals surface area contributed by atoms with E-state index in [9.17, 15) is 9.90 Å². The Morgan fingerprint density at radius 1 is 1.26 bits per heavy atom. The Labute approximate surface area is 139 Å². The molecule has 2 aliphatic carbocycles. The molecule has 0 aromatic carbocycles. The van der Waals surface area contributed by atoms with Crippen molar-refractivity contribution in [3.05, 3.63) is 23.3 Å². The van der Waals surface area contributed by atoms with E-state index in [1.165, 1.54) is 0 Å². The van der Waals surface area contributed by atoms with Crippen LogP contribution in [0.2, 0.25) is 0 Å². The maximum atomic E-state index is 13.0. The minimum atomic E-state index is -0.428. The van der Waals surface area contributed by atoms with Crippen LogP contribution in [0, 0.1) is 17.3 Å². The molecule has 23 heavy (non-hydrogen) atoms. The van der Waals surface area contributed by atoms with Gasteiger partial charge in [0, 0.05) is 0 Å². The average Bonchev–Trinajstić information content (AvgIpc) is 3.16. The molecular weight excluding hydrogens is 288 g/mol. The Morgan fingerprint density at radius 3 is 2.65 bits per heavy atom. The molecule has 0 radical (unpaired) electrons. The van der Waals surface area contributed by atoms with E-state index in [-0.39, 0.29) is 28.8 Å². The van der Waals surface area contributed by atoms with E-state index in [4.69, 9.17) is 4.74 Å². The lowest BCUT2D eigenvalue weighted by molar-refractivity contribution is -0.118. The topological polar surface area (TPSA) is 49.8 Å². The molecule has 1 fully saturated rings. The van der Waals surface area contributed by atoms with Crippen LogP contribution in [0.15, 0.2) is 23.3 Å². The lowest BCUT2D eigenvalue weighted by Crippen LogP contribution is -2.42. The van der Waals surface area contributed by atoms with Gasteiger partial charge in [-0.15, -0.1) is 0 Å². The van der Waals surface area contributed by atoms with Crippen molar-refractivity contribution in [1.82, 2.24) is 0 Å². The highest BCUT2D eigenvalue weighted by molar-refractivity contribution is 6.02. The molecule has 3 aliphatic rings. The maximum Gasteiger partial charge on any atom is 0.190 e. The van der Waals surface area contributed by atoms with Gasteiger partial charge in [0.2, 0.25) is 0 Å². The molecule has 0 aromatic rings. The summed E-state index contributed by atoms with van der Waals surface area (Å²) >= 11 is 0. The van der Waals surface area contributed by atoms with Crippen LogP contribution in [-0.2, 0) is 9.53 Å². The first-order valence-electron chi connectivity index (χ1n) is 8.96. The minimum absolute atomic E-state index is 0.0707. The van der Waals surface area contributed by atoms with E-state index >= 15 is 0 Å². The number of hydrogen-bond acceptors (Lipinski definition) is 3. The molecule has 3 rings (SSSR count). The number of hydrogen-bond donors (Lipinski definition) is 1. The number of ether oxygens (including phenoxy) is 1. The Morgan fingerprint density at radius 2 is 1.96 bits per heavy atom. The largest absolute Gasteiger partial charge is 0.389 e. The van der Waals surface area contributed by atoms with Crippen molar-refractivity contribution in [3.63, 3.8) is 0 Å². The first-order valence-corrected chi connectivity index (χ1v) is 8.96. The molecule has 0 aromatic heterocycles. The summed E-state index contributed by atoms with van der Waals surface area (Å²) in [5.74, 6) is 0.772. The minimum Gasteiger partial charge on any atom is -0.389 e. The summed E-state index contributed by atoms with van der Waals surface area (Å²) in [6.45, 7) is 10.7. The van der Waals surface area contributed by atoms with E-state index in [0.717, 1.165) is 30.4 Å². The molecule has 1 N–H and O–H groups in total. The Balaban J connectivity index is 2.00. The molecule has 3 heteroatoms. The zero-order valence-electron chi connectivity index (χ0n) is 15.1. The number of aliphatic hydroxyl groups excluding tert-OH is 1. The van der Waals surface area contributed by atoms with Crippen molar-refractivity contribution in [2.75, 3.05) is 0 Å². The van der Waals surface area contributed by atoms with E-state index in [1.54, 1.807) is 0 Å². The van der Waals surface area contributed by atoms with E-state index < -0.39 is 6.10 Å². The monoisotopic (exact) mass is 318 g/mol. The third kappa shape index (κ3) is 2.72. The molecular formula is C20H30O3. The summed E-state index contributed by atoms with van der Waals surface area (Å²) in [5, 5.41) is 10.7. The van der Waals surface area contributed by atoms with Crippen molar-refractivity contribution in [2.45, 2.75) is 78.1 Å². The van der Waals surface area contributed by atoms with Crippen LogP contribution in [0.25, 0.3) is 0 Å². The average molecular weight is 318 g/mol. The Kier molecular flexibility index (Phi) is 4.09. The van der Waals surface area contributed by atoms with Gasteiger partial charge in [-0.2, -0.15) is 0 Å². The zero-order chi connectivity index (χ0) is 17.0. The quantitative estimate of drug-likeness (QED) is 0.546. The van der Waals surface area contributed by atoms with Crippen LogP contribution in [0.4, 0.5) is 0 Å². The summed E-state index contributed by atoms with van der Waals surface area (Å²) in [6.07, 6.45) is 6.86. The third-order valence-electron chi connectivity index (χ3n) is 6.95. The molecule has 1 saturated heterocycles. The SMILES string of the molecule is C/C1=C\CC[C@]2(C)O[C@H]2C(=O)C2=CC[C@@H](C)C(C)(C[C@@H]1O)[C@@H]2C. The maximum absolute atomic E-state index is 13.0. The van der Waals surface area contributed by atoms with Crippen molar-refractivity contribution < 1.29 is 14.6 Å². The van der Waals surface area contributed by atoms with E-state index in [1.807, 2.05) is 13.8 Å². The summed E-state index contributed by atoms with van der Waals surface area (Å²) in [4.78, 5) is 13.0. The molecule has 2 bridgehead atoms. The number of allylic oxidation sites excluding steroid dienone is 2. The summed E-state index contributed by atoms with van der Waals surface area (Å²) < 4.78 is 5.81. The van der Waals surface area contributed by atoms with Gasteiger partial charge in [0.1, 0.15) is 11.7 Å². The predicted molar refractivity (Wildman–Crippen MR) is 91.0 cm³/mol. The second kappa shape index (κ2) is 5.56. The van der Waals surface area contributed by atoms with Crippen molar-refractivity contribution in [3.8, 4) is 0 Å². The van der Waals surface area contributed by atoms with Gasteiger partial charge in [0.15, 0.2) is 5.78 Å². The van der Waals surface area contributed by atoms with Gasteiger partial charge in [0.25, 0.3) is 0 Å². The van der Waals surface area contributed by atoms with Gasteiger partial charge in [-0.25, -0.2) is 0 Å². The van der Waals surface area contributed by atoms with Gasteiger partial charge < -0.3 is 9.84 Å². The van der Waals surface area contributed by atoms with Crippen LogP contribution in [0.3, 0.4) is 0 Å². The molecule has 128 valence electrons. The van der Waals surface area contributed by atoms with Gasteiger partial charge in [-0.05, 0) is 67.9 Å². The summed E-state index contributed by atoms with van der Waals surface area (Å²) in [7, 11) is 0. The number of carbonyl (C=O) groups excluding carboxylic acids is 1. The van der Waals surface area contributed by atoms with Crippen LogP contribution < -0.4 is 0 Å². The molecule has 0 amide bonds. The normalized spacial score (nSPS) is 49.9. The number of Topliss-reactive ketones (excluding diaryl/α,β-unsaturated/α-hetero) is 1. The number of aliphatic hydroxyl groups is 1. The van der Waals surface area contributed by atoms with E-state index in [0.29, 0.717) is 12.3 Å². The zero-order valence-corrected chi connectivity index (χ0v) is 15.1. The van der Waals surface area contributed by atoms with Crippen LogP contribution in [-0.4, -0.2) is 28.7 Å². The fraction of sp³-hybridized carbons (Fsp3) is 0.750. The van der Waals surface area contributed by atoms with Gasteiger partial charge in [-0.3, -0.25) is 4.79 Å². The second-order valence-corrected chi connectivity index (χ2v) is 8.41. The molecule has 1 heterocycles. The first kappa shape index (κ1) is 16.9. The Hall–Kier alpha value is -0.930. The molecule has 3 nitrogen and oxygen atoms in total. The summed E-state index contributed by atoms with van der Waals surface area (Å²) in [6, 6.07) is 0.